The first-order valence-corrected chi connectivity index (χ1v) is 10.3. The number of nitrogens with zero attached hydrogens (tertiary/aromatic N) is 1. The molecule has 1 amide bonds. The topological polar surface area (TPSA) is 104 Å². The van der Waals surface area contributed by atoms with E-state index in [1.54, 1.807) is 13.8 Å². The van der Waals surface area contributed by atoms with Gasteiger partial charge in [0.2, 0.25) is 10.0 Å². The van der Waals surface area contributed by atoms with Gasteiger partial charge in [0.25, 0.3) is 5.91 Å². The van der Waals surface area contributed by atoms with Gasteiger partial charge in [-0.15, -0.1) is 0 Å². The number of benzene rings is 2. The van der Waals surface area contributed by atoms with Crippen LogP contribution in [-0.4, -0.2) is 38.2 Å². The van der Waals surface area contributed by atoms with E-state index in [0.29, 0.717) is 5.56 Å². The number of carboxylic acid groups (broad SMARTS) is 1. The van der Waals surface area contributed by atoms with Crippen LogP contribution in [0.1, 0.15) is 46.2 Å². The van der Waals surface area contributed by atoms with Crippen molar-refractivity contribution in [2.45, 2.75) is 19.9 Å². The zero-order valence-electron chi connectivity index (χ0n) is 15.6. The third-order valence-electron chi connectivity index (χ3n) is 4.12. The van der Waals surface area contributed by atoms with Gasteiger partial charge >= 0.3 is 5.97 Å². The van der Waals surface area contributed by atoms with E-state index in [0.717, 1.165) is 10.6 Å². The smallest absolute Gasteiger partial charge is 0.335 e. The van der Waals surface area contributed by atoms with Crippen molar-refractivity contribution >= 4 is 27.6 Å². The summed E-state index contributed by atoms with van der Waals surface area (Å²) in [6.07, 6.45) is 1.00. The molecule has 2 N–H and O–H groups in total. The minimum atomic E-state index is -3.65. The van der Waals surface area contributed by atoms with E-state index >= 15 is 0 Å². The molecule has 2 aromatic carbocycles. The van der Waals surface area contributed by atoms with Crippen LogP contribution < -0.4 is 9.62 Å². The number of rotatable bonds is 7. The first kappa shape index (κ1) is 21.4. The van der Waals surface area contributed by atoms with Gasteiger partial charge in [-0.05, 0) is 49.7 Å². The van der Waals surface area contributed by atoms with Gasteiger partial charge in [0, 0.05) is 12.1 Å². The molecule has 0 heterocycles. The standard InChI is InChI=1S/C19H21FN2O5S/c1-4-22(28(3,26)27)17-10-14(9-15(11-17)19(24)25)18(23)21-12(2)13-5-7-16(20)8-6-13/h5-12H,4H2,1-3H3,(H,21,23)(H,24,25). The monoisotopic (exact) mass is 408 g/mol. The Morgan fingerprint density at radius 1 is 1.14 bits per heavy atom. The maximum atomic E-state index is 13.1. The Balaban J connectivity index is 2.39. The Hall–Kier alpha value is -2.94. The van der Waals surface area contributed by atoms with Gasteiger partial charge in [-0.2, -0.15) is 0 Å². The molecular weight excluding hydrogens is 387 g/mol. The molecule has 2 aromatic rings. The van der Waals surface area contributed by atoms with E-state index in [1.807, 2.05) is 0 Å². The molecule has 2 rings (SSSR count). The zero-order valence-corrected chi connectivity index (χ0v) is 16.5. The number of halogens is 1. The van der Waals surface area contributed by atoms with Crippen molar-refractivity contribution in [2.24, 2.45) is 0 Å². The lowest BCUT2D eigenvalue weighted by molar-refractivity contribution is 0.0697. The highest BCUT2D eigenvalue weighted by molar-refractivity contribution is 7.92. The number of sulfonamides is 1. The number of hydrogen-bond donors (Lipinski definition) is 2. The molecule has 0 aromatic heterocycles. The molecule has 0 fully saturated rings. The summed E-state index contributed by atoms with van der Waals surface area (Å²) in [6, 6.07) is 8.83. The Morgan fingerprint density at radius 2 is 1.71 bits per heavy atom. The van der Waals surface area contributed by atoms with Crippen molar-refractivity contribution in [1.82, 2.24) is 5.32 Å². The number of anilines is 1. The molecule has 0 spiro atoms. The number of carboxylic acids is 1. The zero-order chi connectivity index (χ0) is 21.1. The highest BCUT2D eigenvalue weighted by Gasteiger charge is 2.21. The van der Waals surface area contributed by atoms with E-state index < -0.39 is 33.8 Å². The fourth-order valence-corrected chi connectivity index (χ4v) is 3.69. The van der Waals surface area contributed by atoms with Crippen LogP contribution in [0.25, 0.3) is 0 Å². The van der Waals surface area contributed by atoms with E-state index in [1.165, 1.54) is 42.5 Å². The van der Waals surface area contributed by atoms with Gasteiger partial charge in [0.05, 0.1) is 23.5 Å². The van der Waals surface area contributed by atoms with Gasteiger partial charge < -0.3 is 10.4 Å². The molecule has 1 unspecified atom stereocenters. The summed E-state index contributed by atoms with van der Waals surface area (Å²) in [7, 11) is -3.65. The van der Waals surface area contributed by atoms with Crippen molar-refractivity contribution in [3.05, 3.63) is 65.0 Å². The minimum Gasteiger partial charge on any atom is -0.478 e. The van der Waals surface area contributed by atoms with Gasteiger partial charge in [0.1, 0.15) is 5.82 Å². The molecule has 0 aliphatic rings. The maximum Gasteiger partial charge on any atom is 0.335 e. The number of amides is 1. The van der Waals surface area contributed by atoms with E-state index in [4.69, 9.17) is 0 Å². The number of aromatic carboxylic acids is 1. The van der Waals surface area contributed by atoms with Gasteiger partial charge in [-0.1, -0.05) is 12.1 Å². The second-order valence-electron chi connectivity index (χ2n) is 6.25. The van der Waals surface area contributed by atoms with Crippen molar-refractivity contribution in [3.8, 4) is 0 Å². The quantitative estimate of drug-likeness (QED) is 0.733. The lowest BCUT2D eigenvalue weighted by Crippen LogP contribution is -2.31. The highest BCUT2D eigenvalue weighted by Crippen LogP contribution is 2.23. The molecule has 150 valence electrons. The van der Waals surface area contributed by atoms with Gasteiger partial charge in [-0.3, -0.25) is 9.10 Å². The van der Waals surface area contributed by atoms with Crippen LogP contribution in [0.2, 0.25) is 0 Å². The first-order valence-electron chi connectivity index (χ1n) is 8.45. The SMILES string of the molecule is CCN(c1cc(C(=O)O)cc(C(=O)NC(C)c2ccc(F)cc2)c1)S(C)(=O)=O. The summed E-state index contributed by atoms with van der Waals surface area (Å²) < 4.78 is 38.0. The van der Waals surface area contributed by atoms with Crippen molar-refractivity contribution < 1.29 is 27.5 Å². The predicted octanol–water partition coefficient (Wildman–Crippen LogP) is 2.80. The molecule has 0 saturated carbocycles. The van der Waals surface area contributed by atoms with Crippen molar-refractivity contribution in [2.75, 3.05) is 17.1 Å². The normalized spacial score (nSPS) is 12.3. The summed E-state index contributed by atoms with van der Waals surface area (Å²) in [5.74, 6) is -2.26. The summed E-state index contributed by atoms with van der Waals surface area (Å²) in [4.78, 5) is 24.1. The summed E-state index contributed by atoms with van der Waals surface area (Å²) >= 11 is 0. The summed E-state index contributed by atoms with van der Waals surface area (Å²) in [5, 5.41) is 12.0. The molecule has 0 saturated heterocycles. The first-order chi connectivity index (χ1) is 13.0. The molecule has 0 aliphatic carbocycles. The Morgan fingerprint density at radius 3 is 2.21 bits per heavy atom. The average molecular weight is 408 g/mol. The number of nitrogens with one attached hydrogen (secondary N) is 1. The Labute approximate surface area is 162 Å². The van der Waals surface area contributed by atoms with Gasteiger partial charge in [0.15, 0.2) is 0 Å². The summed E-state index contributed by atoms with van der Waals surface area (Å²) in [5.41, 5.74) is 0.547. The van der Waals surface area contributed by atoms with Crippen LogP contribution in [0.15, 0.2) is 42.5 Å². The van der Waals surface area contributed by atoms with Crippen LogP contribution in [0.3, 0.4) is 0 Å². The fourth-order valence-electron chi connectivity index (χ4n) is 2.73. The predicted molar refractivity (Wildman–Crippen MR) is 104 cm³/mol. The lowest BCUT2D eigenvalue weighted by atomic mass is 10.1. The van der Waals surface area contributed by atoms with Crippen LogP contribution in [-0.2, 0) is 10.0 Å². The van der Waals surface area contributed by atoms with Crippen LogP contribution >= 0.6 is 0 Å². The molecule has 9 heteroatoms. The Bertz CT molecular complexity index is 990. The molecule has 0 aliphatic heterocycles. The van der Waals surface area contributed by atoms with Crippen molar-refractivity contribution in [1.29, 1.82) is 0 Å². The van der Waals surface area contributed by atoms with Crippen LogP contribution in [0.4, 0.5) is 10.1 Å². The summed E-state index contributed by atoms with van der Waals surface area (Å²) in [6.45, 7) is 3.38. The number of carbonyl (C=O) groups is 2. The molecule has 1 atom stereocenters. The minimum absolute atomic E-state index is 0.00552. The fraction of sp³-hybridized carbons (Fsp3) is 0.263. The van der Waals surface area contributed by atoms with Crippen LogP contribution in [0.5, 0.6) is 0 Å². The molecule has 28 heavy (non-hydrogen) atoms. The second-order valence-corrected chi connectivity index (χ2v) is 8.15. The maximum absolute atomic E-state index is 13.1. The Kier molecular flexibility index (Phi) is 6.40. The van der Waals surface area contributed by atoms with Crippen LogP contribution in [0, 0.1) is 5.82 Å². The van der Waals surface area contributed by atoms with Gasteiger partial charge in [-0.25, -0.2) is 17.6 Å². The largest absolute Gasteiger partial charge is 0.478 e. The molecule has 7 nitrogen and oxygen atoms in total. The van der Waals surface area contributed by atoms with E-state index in [-0.39, 0.29) is 23.4 Å². The van der Waals surface area contributed by atoms with Crippen molar-refractivity contribution in [3.63, 3.8) is 0 Å². The third kappa shape index (κ3) is 5.07. The van der Waals surface area contributed by atoms with E-state index in [2.05, 4.69) is 5.32 Å². The highest BCUT2D eigenvalue weighted by atomic mass is 32.2. The number of hydrogen-bond acceptors (Lipinski definition) is 4. The second kappa shape index (κ2) is 8.39. The van der Waals surface area contributed by atoms with E-state index in [9.17, 15) is 27.5 Å². The lowest BCUT2D eigenvalue weighted by Gasteiger charge is -2.22. The number of carbonyl (C=O) groups excluding carboxylic acids is 1. The molecular formula is C19H21FN2O5S. The molecule has 0 bridgehead atoms. The molecule has 0 radical (unpaired) electrons. The third-order valence-corrected chi connectivity index (χ3v) is 5.39. The average Bonchev–Trinajstić information content (AvgIpc) is 2.61.